The van der Waals surface area contributed by atoms with Crippen LogP contribution in [0.2, 0.25) is 0 Å². The highest BCUT2D eigenvalue weighted by Crippen LogP contribution is 2.04. The average Bonchev–Trinajstić information content (AvgIpc) is 1.68. The molecule has 40 valence electrons. The zero-order valence-electron chi connectivity index (χ0n) is 4.09. The first-order chi connectivity index (χ1) is 3.22. The van der Waals surface area contributed by atoms with Gasteiger partial charge >= 0.3 is 0 Å². The van der Waals surface area contributed by atoms with Gasteiger partial charge in [0.05, 0.1) is 6.54 Å². The lowest BCUT2D eigenvalue weighted by molar-refractivity contribution is -0.153. The monoisotopic (exact) mass is 101 g/mol. The third-order valence-electron chi connectivity index (χ3n) is 1.11. The van der Waals surface area contributed by atoms with E-state index in [0.29, 0.717) is 6.54 Å². The van der Waals surface area contributed by atoms with Crippen molar-refractivity contribution in [3.8, 4) is 0 Å². The molecular weight excluding hydrogens is 94.0 g/mol. The second-order valence-electron chi connectivity index (χ2n) is 1.73. The number of amides is 1. The van der Waals surface area contributed by atoms with E-state index in [9.17, 15) is 4.79 Å². The van der Waals surface area contributed by atoms with E-state index < -0.39 is 6.10 Å². The van der Waals surface area contributed by atoms with Crippen molar-refractivity contribution >= 4 is 5.91 Å². The molecule has 0 aromatic heterocycles. The number of carbonyl (C=O) groups excluding carboxylic acids is 1. The lowest BCUT2D eigenvalue weighted by Gasteiger charge is -2.30. The van der Waals surface area contributed by atoms with E-state index >= 15 is 0 Å². The lowest BCUT2D eigenvalue weighted by atomic mass is 10.2. The molecule has 0 unspecified atom stereocenters. The van der Waals surface area contributed by atoms with Crippen molar-refractivity contribution in [2.75, 3.05) is 13.6 Å². The number of aliphatic hydroxyl groups excluding tert-OH is 1. The molecule has 0 radical (unpaired) electrons. The molecule has 0 spiro atoms. The minimum absolute atomic E-state index is 0.167. The molecule has 3 heteroatoms. The zero-order chi connectivity index (χ0) is 5.44. The Morgan fingerprint density at radius 3 is 2.57 bits per heavy atom. The van der Waals surface area contributed by atoms with Crippen LogP contribution < -0.4 is 0 Å². The lowest BCUT2D eigenvalue weighted by Crippen LogP contribution is -2.53. The zero-order valence-corrected chi connectivity index (χ0v) is 4.09. The van der Waals surface area contributed by atoms with Gasteiger partial charge in [0.15, 0.2) is 0 Å². The fraction of sp³-hybridized carbons (Fsp3) is 0.750. The normalized spacial score (nSPS) is 30.3. The van der Waals surface area contributed by atoms with Gasteiger partial charge in [-0.1, -0.05) is 0 Å². The molecule has 0 saturated carbocycles. The molecule has 1 heterocycles. The van der Waals surface area contributed by atoms with Crippen LogP contribution in [0.5, 0.6) is 0 Å². The van der Waals surface area contributed by atoms with E-state index in [2.05, 4.69) is 0 Å². The maximum absolute atomic E-state index is 10.2. The van der Waals surface area contributed by atoms with E-state index in [1.807, 2.05) is 0 Å². The van der Waals surface area contributed by atoms with Gasteiger partial charge in [0.25, 0.3) is 5.91 Å². The van der Waals surface area contributed by atoms with Crippen molar-refractivity contribution < 1.29 is 9.90 Å². The molecule has 0 aromatic rings. The third kappa shape index (κ3) is 0.489. The van der Waals surface area contributed by atoms with E-state index in [0.717, 1.165) is 0 Å². The molecule has 1 saturated heterocycles. The molecule has 1 amide bonds. The highest BCUT2D eigenvalue weighted by Gasteiger charge is 2.30. The van der Waals surface area contributed by atoms with Gasteiger partial charge in [-0.2, -0.15) is 0 Å². The Labute approximate surface area is 41.5 Å². The minimum atomic E-state index is -0.704. The third-order valence-corrected chi connectivity index (χ3v) is 1.11. The van der Waals surface area contributed by atoms with E-state index in [4.69, 9.17) is 5.11 Å². The van der Waals surface area contributed by atoms with Crippen LogP contribution in [0, 0.1) is 0 Å². The number of likely N-dealkylation sites (tertiary alicyclic amines) is 1. The van der Waals surface area contributed by atoms with Gasteiger partial charge in [-0.25, -0.2) is 0 Å². The molecule has 7 heavy (non-hydrogen) atoms. The summed E-state index contributed by atoms with van der Waals surface area (Å²) in [5, 5.41) is 8.50. The van der Waals surface area contributed by atoms with Crippen LogP contribution in [0.15, 0.2) is 0 Å². The Morgan fingerprint density at radius 1 is 2.00 bits per heavy atom. The summed E-state index contributed by atoms with van der Waals surface area (Å²) in [5.41, 5.74) is 0. The number of aliphatic hydroxyl groups is 1. The van der Waals surface area contributed by atoms with Crippen molar-refractivity contribution in [2.24, 2.45) is 0 Å². The Kier molecular flexibility index (Phi) is 0.785. The molecule has 1 aliphatic heterocycles. The first kappa shape index (κ1) is 4.59. The number of nitrogens with zero attached hydrogens (tertiary/aromatic N) is 1. The second kappa shape index (κ2) is 1.20. The van der Waals surface area contributed by atoms with Crippen molar-refractivity contribution in [1.82, 2.24) is 4.90 Å². The summed E-state index contributed by atoms with van der Waals surface area (Å²) in [6.45, 7) is 0.499. The smallest absolute Gasteiger partial charge is 0.253 e. The molecule has 1 N–H and O–H groups in total. The Balaban J connectivity index is 2.44. The molecule has 3 nitrogen and oxygen atoms in total. The van der Waals surface area contributed by atoms with Gasteiger partial charge in [-0.05, 0) is 0 Å². The second-order valence-corrected chi connectivity index (χ2v) is 1.73. The topological polar surface area (TPSA) is 40.5 Å². The summed E-state index contributed by atoms with van der Waals surface area (Å²) >= 11 is 0. The van der Waals surface area contributed by atoms with Crippen LogP contribution in [-0.4, -0.2) is 35.6 Å². The maximum atomic E-state index is 10.2. The van der Waals surface area contributed by atoms with Crippen LogP contribution in [0.25, 0.3) is 0 Å². The molecule has 1 atom stereocenters. The number of carbonyl (C=O) groups is 1. The molecule has 1 aliphatic rings. The highest BCUT2D eigenvalue weighted by molar-refractivity contribution is 5.86. The quantitative estimate of drug-likeness (QED) is 0.390. The molecular formula is C4H7NO2. The van der Waals surface area contributed by atoms with Crippen LogP contribution in [0.4, 0.5) is 0 Å². The van der Waals surface area contributed by atoms with Gasteiger partial charge in [-0.15, -0.1) is 0 Å². The van der Waals surface area contributed by atoms with Crippen molar-refractivity contribution in [2.45, 2.75) is 6.10 Å². The van der Waals surface area contributed by atoms with Crippen LogP contribution in [0.3, 0.4) is 0 Å². The first-order valence-electron chi connectivity index (χ1n) is 2.15. The maximum Gasteiger partial charge on any atom is 0.253 e. The first-order valence-corrected chi connectivity index (χ1v) is 2.15. The van der Waals surface area contributed by atoms with Gasteiger partial charge in [-0.3, -0.25) is 4.79 Å². The van der Waals surface area contributed by atoms with E-state index in [1.165, 1.54) is 4.90 Å². The fourth-order valence-electron chi connectivity index (χ4n) is 0.569. The molecule has 0 aliphatic carbocycles. The Morgan fingerprint density at radius 2 is 2.57 bits per heavy atom. The summed E-state index contributed by atoms with van der Waals surface area (Å²) in [7, 11) is 1.66. The predicted molar refractivity (Wildman–Crippen MR) is 23.6 cm³/mol. The number of hydrogen-bond acceptors (Lipinski definition) is 2. The van der Waals surface area contributed by atoms with Crippen LogP contribution >= 0.6 is 0 Å². The highest BCUT2D eigenvalue weighted by atomic mass is 16.3. The number of likely N-dealkylation sites (N-methyl/N-ethyl adjacent to an activating group) is 1. The number of rotatable bonds is 0. The van der Waals surface area contributed by atoms with E-state index in [-0.39, 0.29) is 5.91 Å². The van der Waals surface area contributed by atoms with E-state index in [1.54, 1.807) is 7.05 Å². The van der Waals surface area contributed by atoms with Crippen molar-refractivity contribution in [3.63, 3.8) is 0 Å². The summed E-state index contributed by atoms with van der Waals surface area (Å²) in [5.74, 6) is -0.167. The Hall–Kier alpha value is -0.570. The summed E-state index contributed by atoms with van der Waals surface area (Å²) in [6, 6.07) is 0. The number of β-amino-alcohol motifs (C(OH)–C–C–N with tert-alkyl or cyclic N) is 1. The van der Waals surface area contributed by atoms with Gasteiger partial charge in [0.1, 0.15) is 6.10 Å². The number of hydrogen-bond donors (Lipinski definition) is 1. The number of β-lactam (4-membered cyclic amide) rings is 1. The molecule has 0 bridgehead atoms. The predicted octanol–water partition coefficient (Wildman–Crippen LogP) is -1.18. The SMILES string of the molecule is CN1C[C@H](O)C1=O. The molecule has 1 fully saturated rings. The average molecular weight is 101 g/mol. The standard InChI is InChI=1S/C4H7NO2/c1-5-2-3(6)4(5)7/h3,6H,2H2,1H3/t3-/m0/s1. The van der Waals surface area contributed by atoms with Crippen molar-refractivity contribution in [1.29, 1.82) is 0 Å². The van der Waals surface area contributed by atoms with Crippen molar-refractivity contribution in [3.05, 3.63) is 0 Å². The largest absolute Gasteiger partial charge is 0.381 e. The minimum Gasteiger partial charge on any atom is -0.381 e. The summed E-state index contributed by atoms with van der Waals surface area (Å²) < 4.78 is 0. The molecule has 1 rings (SSSR count). The fourth-order valence-corrected chi connectivity index (χ4v) is 0.569. The summed E-state index contributed by atoms with van der Waals surface area (Å²) in [4.78, 5) is 11.7. The van der Waals surface area contributed by atoms with Gasteiger partial charge in [0, 0.05) is 7.05 Å². The Bertz CT molecular complexity index is 91.9. The van der Waals surface area contributed by atoms with Gasteiger partial charge in [0.2, 0.25) is 0 Å². The van der Waals surface area contributed by atoms with Crippen LogP contribution in [-0.2, 0) is 4.79 Å². The van der Waals surface area contributed by atoms with Crippen LogP contribution in [0.1, 0.15) is 0 Å². The van der Waals surface area contributed by atoms with Gasteiger partial charge < -0.3 is 10.0 Å². The summed E-state index contributed by atoms with van der Waals surface area (Å²) in [6.07, 6.45) is -0.704. The molecule has 0 aromatic carbocycles.